The molecule has 102 valence electrons. The molecule has 2 nitrogen and oxygen atoms in total. The highest BCUT2D eigenvalue weighted by Crippen LogP contribution is 2.28. The molecular weight excluding hydrogens is 208 g/mol. The van der Waals surface area contributed by atoms with Crippen molar-refractivity contribution in [2.45, 2.75) is 65.8 Å². The summed E-state index contributed by atoms with van der Waals surface area (Å²) in [5, 5.41) is 3.53. The van der Waals surface area contributed by atoms with Gasteiger partial charge in [-0.2, -0.15) is 0 Å². The third-order valence-electron chi connectivity index (χ3n) is 4.49. The number of hydrogen-bond donors (Lipinski definition) is 1. The van der Waals surface area contributed by atoms with E-state index in [1.54, 1.807) is 0 Å². The fourth-order valence-corrected chi connectivity index (χ4v) is 2.98. The monoisotopic (exact) mass is 240 g/mol. The Balaban J connectivity index is 2.50. The Labute approximate surface area is 108 Å². The lowest BCUT2D eigenvalue weighted by atomic mass is 9.86. The molecule has 1 saturated carbocycles. The van der Waals surface area contributed by atoms with Gasteiger partial charge in [-0.15, -0.1) is 0 Å². The highest BCUT2D eigenvalue weighted by Gasteiger charge is 2.29. The molecule has 0 saturated heterocycles. The predicted octanol–water partition coefficient (Wildman–Crippen LogP) is 3.28. The minimum absolute atomic E-state index is 0.439. The highest BCUT2D eigenvalue weighted by atomic mass is 15.2. The minimum atomic E-state index is 0.439. The van der Waals surface area contributed by atoms with E-state index in [1.807, 2.05) is 0 Å². The van der Waals surface area contributed by atoms with Crippen LogP contribution in [0.5, 0.6) is 0 Å². The van der Waals surface area contributed by atoms with Crippen LogP contribution in [0.4, 0.5) is 0 Å². The maximum atomic E-state index is 3.53. The van der Waals surface area contributed by atoms with E-state index in [-0.39, 0.29) is 0 Å². The van der Waals surface area contributed by atoms with Gasteiger partial charge in [0.05, 0.1) is 0 Å². The summed E-state index contributed by atoms with van der Waals surface area (Å²) in [7, 11) is 0. The van der Waals surface area contributed by atoms with Gasteiger partial charge in [0.2, 0.25) is 0 Å². The van der Waals surface area contributed by atoms with Crippen molar-refractivity contribution in [2.75, 3.05) is 26.2 Å². The molecule has 1 rings (SSSR count). The first kappa shape index (κ1) is 15.0. The molecule has 0 spiro atoms. The second-order valence-corrected chi connectivity index (χ2v) is 5.95. The van der Waals surface area contributed by atoms with Crippen LogP contribution < -0.4 is 5.32 Å². The summed E-state index contributed by atoms with van der Waals surface area (Å²) in [5.41, 5.74) is 0.439. The van der Waals surface area contributed by atoms with Crippen LogP contribution in [0.15, 0.2) is 0 Å². The van der Waals surface area contributed by atoms with Gasteiger partial charge in [0, 0.05) is 19.1 Å². The van der Waals surface area contributed by atoms with Crippen molar-refractivity contribution < 1.29 is 0 Å². The lowest BCUT2D eigenvalue weighted by Gasteiger charge is -2.37. The quantitative estimate of drug-likeness (QED) is 0.700. The van der Waals surface area contributed by atoms with Crippen LogP contribution in [-0.4, -0.2) is 37.1 Å². The van der Waals surface area contributed by atoms with E-state index in [0.29, 0.717) is 5.41 Å². The van der Waals surface area contributed by atoms with E-state index in [4.69, 9.17) is 0 Å². The van der Waals surface area contributed by atoms with Crippen molar-refractivity contribution in [3.8, 4) is 0 Å². The van der Waals surface area contributed by atoms with Gasteiger partial charge in [0.25, 0.3) is 0 Å². The third-order valence-corrected chi connectivity index (χ3v) is 4.49. The lowest BCUT2D eigenvalue weighted by molar-refractivity contribution is 0.120. The first-order chi connectivity index (χ1) is 8.15. The minimum Gasteiger partial charge on any atom is -0.316 e. The SMILES string of the molecule is CCNCC(C)(CC)CN(CC)C1CCCC1. The fourth-order valence-electron chi connectivity index (χ4n) is 2.98. The Kier molecular flexibility index (Phi) is 6.50. The third kappa shape index (κ3) is 4.59. The second-order valence-electron chi connectivity index (χ2n) is 5.95. The normalized spacial score (nSPS) is 21.0. The lowest BCUT2D eigenvalue weighted by Crippen LogP contribution is -2.45. The molecule has 0 amide bonds. The Morgan fingerprint density at radius 1 is 1.18 bits per heavy atom. The number of rotatable bonds is 8. The first-order valence-corrected chi connectivity index (χ1v) is 7.60. The molecule has 0 aliphatic heterocycles. The standard InChI is InChI=1S/C15H32N2/c1-5-15(4,12-16-6-2)13-17(7-3)14-10-8-9-11-14/h14,16H,5-13H2,1-4H3. The van der Waals surface area contributed by atoms with Crippen LogP contribution >= 0.6 is 0 Å². The molecule has 0 heterocycles. The molecule has 0 aromatic rings. The van der Waals surface area contributed by atoms with Gasteiger partial charge in [0.1, 0.15) is 0 Å². The molecule has 1 unspecified atom stereocenters. The second kappa shape index (κ2) is 7.38. The topological polar surface area (TPSA) is 15.3 Å². The largest absolute Gasteiger partial charge is 0.316 e. The molecule has 1 aliphatic rings. The van der Waals surface area contributed by atoms with Crippen molar-refractivity contribution in [1.82, 2.24) is 10.2 Å². The summed E-state index contributed by atoms with van der Waals surface area (Å²) in [5.74, 6) is 0. The summed E-state index contributed by atoms with van der Waals surface area (Å²) in [6.07, 6.45) is 7.00. The summed E-state index contributed by atoms with van der Waals surface area (Å²) in [6, 6.07) is 0.868. The Morgan fingerprint density at radius 2 is 1.82 bits per heavy atom. The zero-order valence-electron chi connectivity index (χ0n) is 12.4. The maximum Gasteiger partial charge on any atom is 0.00953 e. The van der Waals surface area contributed by atoms with Gasteiger partial charge < -0.3 is 10.2 Å². The first-order valence-electron chi connectivity index (χ1n) is 7.60. The van der Waals surface area contributed by atoms with E-state index in [9.17, 15) is 0 Å². The van der Waals surface area contributed by atoms with E-state index in [1.165, 1.54) is 45.2 Å². The molecule has 2 heteroatoms. The van der Waals surface area contributed by atoms with Crippen molar-refractivity contribution in [2.24, 2.45) is 5.41 Å². The van der Waals surface area contributed by atoms with Crippen molar-refractivity contribution in [1.29, 1.82) is 0 Å². The van der Waals surface area contributed by atoms with E-state index < -0.39 is 0 Å². The van der Waals surface area contributed by atoms with E-state index in [2.05, 4.69) is 37.9 Å². The maximum absolute atomic E-state index is 3.53. The van der Waals surface area contributed by atoms with E-state index >= 15 is 0 Å². The molecule has 0 bridgehead atoms. The number of nitrogens with zero attached hydrogens (tertiary/aromatic N) is 1. The predicted molar refractivity (Wildman–Crippen MR) is 76.4 cm³/mol. The van der Waals surface area contributed by atoms with Gasteiger partial charge in [-0.05, 0) is 37.8 Å². The molecule has 0 radical (unpaired) electrons. The van der Waals surface area contributed by atoms with E-state index in [0.717, 1.165) is 19.1 Å². The molecule has 1 fully saturated rings. The van der Waals surface area contributed by atoms with Crippen molar-refractivity contribution in [3.63, 3.8) is 0 Å². The Bertz CT molecular complexity index is 199. The summed E-state index contributed by atoms with van der Waals surface area (Å²) in [4.78, 5) is 2.73. The number of nitrogens with one attached hydrogen (secondary N) is 1. The zero-order valence-corrected chi connectivity index (χ0v) is 12.4. The van der Waals surface area contributed by atoms with Gasteiger partial charge in [-0.3, -0.25) is 0 Å². The van der Waals surface area contributed by atoms with Crippen LogP contribution in [0.2, 0.25) is 0 Å². The molecule has 0 aromatic carbocycles. The van der Waals surface area contributed by atoms with Crippen LogP contribution in [0.1, 0.15) is 59.8 Å². The van der Waals surface area contributed by atoms with Crippen LogP contribution in [-0.2, 0) is 0 Å². The Morgan fingerprint density at radius 3 is 2.29 bits per heavy atom. The molecule has 1 N–H and O–H groups in total. The molecule has 0 aromatic heterocycles. The summed E-state index contributed by atoms with van der Waals surface area (Å²) < 4.78 is 0. The smallest absolute Gasteiger partial charge is 0.00953 e. The fraction of sp³-hybridized carbons (Fsp3) is 1.00. The molecular formula is C15H32N2. The van der Waals surface area contributed by atoms with Crippen molar-refractivity contribution in [3.05, 3.63) is 0 Å². The van der Waals surface area contributed by atoms with Gasteiger partial charge in [0.15, 0.2) is 0 Å². The molecule has 1 aliphatic carbocycles. The average molecular weight is 240 g/mol. The van der Waals surface area contributed by atoms with Crippen LogP contribution in [0, 0.1) is 5.41 Å². The molecule has 1 atom stereocenters. The number of hydrogen-bond acceptors (Lipinski definition) is 2. The Hall–Kier alpha value is -0.0800. The van der Waals surface area contributed by atoms with Crippen LogP contribution in [0.3, 0.4) is 0 Å². The summed E-state index contributed by atoms with van der Waals surface area (Å²) >= 11 is 0. The highest BCUT2D eigenvalue weighted by molar-refractivity contribution is 4.84. The summed E-state index contributed by atoms with van der Waals surface area (Å²) in [6.45, 7) is 14.0. The van der Waals surface area contributed by atoms with Gasteiger partial charge in [-0.25, -0.2) is 0 Å². The van der Waals surface area contributed by atoms with Gasteiger partial charge >= 0.3 is 0 Å². The van der Waals surface area contributed by atoms with Crippen molar-refractivity contribution >= 4 is 0 Å². The zero-order chi connectivity index (χ0) is 12.7. The average Bonchev–Trinajstić information content (AvgIpc) is 2.87. The molecule has 17 heavy (non-hydrogen) atoms. The van der Waals surface area contributed by atoms with Gasteiger partial charge in [-0.1, -0.05) is 40.5 Å². The van der Waals surface area contributed by atoms with Crippen LogP contribution in [0.25, 0.3) is 0 Å².